The summed E-state index contributed by atoms with van der Waals surface area (Å²) in [4.78, 5) is 2.46. The molecule has 0 amide bonds. The van der Waals surface area contributed by atoms with Gasteiger partial charge in [0.1, 0.15) is 5.76 Å². The molecule has 1 aromatic heterocycles. The molecule has 2 aromatic rings. The molecule has 0 saturated carbocycles. The van der Waals surface area contributed by atoms with Gasteiger partial charge in [-0.05, 0) is 56.1 Å². The summed E-state index contributed by atoms with van der Waals surface area (Å²) in [7, 11) is -3.67. The number of piperidine rings is 1. The Bertz CT molecular complexity index is 874. The average molecular weight is 392 g/mol. The van der Waals surface area contributed by atoms with E-state index >= 15 is 0 Å². The number of likely N-dealkylation sites (tertiary alicyclic amines) is 1. The lowest BCUT2D eigenvalue weighted by atomic mass is 9.97. The largest absolute Gasteiger partial charge is 0.468 e. The zero-order chi connectivity index (χ0) is 18.9. The van der Waals surface area contributed by atoms with Gasteiger partial charge in [0, 0.05) is 12.6 Å². The molecule has 0 bridgehead atoms. The van der Waals surface area contributed by atoms with Crippen LogP contribution < -0.4 is 14.2 Å². The summed E-state index contributed by atoms with van der Waals surface area (Å²) in [6, 6.07) is 8.25. The fraction of sp³-hybridized carbons (Fsp3) is 0.474. The molecule has 0 radical (unpaired) electrons. The van der Waals surface area contributed by atoms with Crippen LogP contribution in [0.1, 0.15) is 31.6 Å². The van der Waals surface area contributed by atoms with Gasteiger partial charge in [-0.2, -0.15) is 0 Å². The van der Waals surface area contributed by atoms with Gasteiger partial charge in [0.2, 0.25) is 16.8 Å². The van der Waals surface area contributed by atoms with Gasteiger partial charge < -0.3 is 13.9 Å². The minimum absolute atomic E-state index is 0.111. The molecule has 1 atom stereocenters. The van der Waals surface area contributed by atoms with Gasteiger partial charge in [-0.15, -0.1) is 0 Å². The van der Waals surface area contributed by atoms with Crippen LogP contribution >= 0.6 is 0 Å². The Balaban J connectivity index is 1.50. The van der Waals surface area contributed by atoms with Gasteiger partial charge in [-0.25, -0.2) is 13.1 Å². The number of fused-ring (bicyclic) bond motifs is 1. The molecule has 1 N–H and O–H groups in total. The maximum Gasteiger partial charge on any atom is 0.240 e. The lowest BCUT2D eigenvalue weighted by Crippen LogP contribution is -2.41. The summed E-state index contributed by atoms with van der Waals surface area (Å²) in [5, 5.41) is 0. The number of ether oxygens (including phenoxy) is 2. The number of hydrogen-bond acceptors (Lipinski definition) is 6. The standard InChI is InChI=1S/C19H24N2O5S/c1-14-6-8-21(9-7-14)16(17-3-2-10-24-17)12-20-27(22,23)15-4-5-18-19(11-15)26-13-25-18/h2-5,10-11,14,16,20H,6-9,12-13H2,1H3. The van der Waals surface area contributed by atoms with Gasteiger partial charge in [0.15, 0.2) is 11.5 Å². The Morgan fingerprint density at radius 3 is 2.70 bits per heavy atom. The molecule has 2 aliphatic heterocycles. The van der Waals surface area contributed by atoms with E-state index in [4.69, 9.17) is 13.9 Å². The molecule has 2 aliphatic rings. The molecule has 8 heteroatoms. The summed E-state index contributed by atoms with van der Waals surface area (Å²) < 4.78 is 44.4. The second-order valence-electron chi connectivity index (χ2n) is 7.12. The Morgan fingerprint density at radius 1 is 1.19 bits per heavy atom. The van der Waals surface area contributed by atoms with E-state index in [1.807, 2.05) is 12.1 Å². The van der Waals surface area contributed by atoms with E-state index in [0.717, 1.165) is 31.7 Å². The number of hydrogen-bond donors (Lipinski definition) is 1. The van der Waals surface area contributed by atoms with E-state index in [2.05, 4.69) is 16.5 Å². The van der Waals surface area contributed by atoms with Crippen LogP contribution in [0.25, 0.3) is 0 Å². The maximum atomic E-state index is 12.8. The van der Waals surface area contributed by atoms with E-state index in [9.17, 15) is 8.42 Å². The third kappa shape index (κ3) is 3.97. The number of furan rings is 1. The molecule has 146 valence electrons. The second kappa shape index (κ2) is 7.53. The fourth-order valence-corrected chi connectivity index (χ4v) is 4.60. The summed E-state index contributed by atoms with van der Waals surface area (Å²) in [6.45, 7) is 4.47. The zero-order valence-electron chi connectivity index (χ0n) is 15.3. The highest BCUT2D eigenvalue weighted by atomic mass is 32.2. The van der Waals surface area contributed by atoms with Gasteiger partial charge in [-0.1, -0.05) is 6.92 Å². The van der Waals surface area contributed by atoms with Gasteiger partial charge in [-0.3, -0.25) is 4.90 Å². The molecule has 7 nitrogen and oxygen atoms in total. The summed E-state index contributed by atoms with van der Waals surface area (Å²) in [5.74, 6) is 2.48. The van der Waals surface area contributed by atoms with Crippen molar-refractivity contribution in [2.75, 3.05) is 26.4 Å². The molecule has 4 rings (SSSR count). The molecule has 0 aliphatic carbocycles. The van der Waals surface area contributed by atoms with E-state index in [-0.39, 0.29) is 24.3 Å². The number of sulfonamides is 1. The SMILES string of the molecule is CC1CCN(C(CNS(=O)(=O)c2ccc3c(c2)OCO3)c2ccco2)CC1. The van der Waals surface area contributed by atoms with Crippen molar-refractivity contribution in [3.05, 3.63) is 42.4 Å². The number of nitrogens with one attached hydrogen (secondary N) is 1. The third-order valence-corrected chi connectivity index (χ3v) is 6.67. The normalized spacial score (nSPS) is 19.3. The summed E-state index contributed by atoms with van der Waals surface area (Å²) in [6.07, 6.45) is 3.83. The highest BCUT2D eigenvalue weighted by molar-refractivity contribution is 7.89. The monoisotopic (exact) mass is 392 g/mol. The third-order valence-electron chi connectivity index (χ3n) is 5.25. The first-order valence-electron chi connectivity index (χ1n) is 9.20. The van der Waals surface area contributed by atoms with Crippen molar-refractivity contribution in [3.63, 3.8) is 0 Å². The lowest BCUT2D eigenvalue weighted by molar-refractivity contribution is 0.125. The minimum Gasteiger partial charge on any atom is -0.468 e. The second-order valence-corrected chi connectivity index (χ2v) is 8.88. The van der Waals surface area contributed by atoms with Crippen LogP contribution in [0.4, 0.5) is 0 Å². The van der Waals surface area contributed by atoms with Crippen LogP contribution in [-0.2, 0) is 10.0 Å². The van der Waals surface area contributed by atoms with Crippen molar-refractivity contribution >= 4 is 10.0 Å². The zero-order valence-corrected chi connectivity index (χ0v) is 16.1. The number of benzene rings is 1. The molecule has 27 heavy (non-hydrogen) atoms. The predicted molar refractivity (Wildman–Crippen MR) is 99.2 cm³/mol. The molecule has 1 fully saturated rings. The minimum atomic E-state index is -3.67. The maximum absolute atomic E-state index is 12.8. The molecule has 1 aromatic carbocycles. The Morgan fingerprint density at radius 2 is 1.96 bits per heavy atom. The Hall–Kier alpha value is -2.03. The first-order valence-corrected chi connectivity index (χ1v) is 10.7. The van der Waals surface area contributed by atoms with Gasteiger partial charge >= 0.3 is 0 Å². The first-order chi connectivity index (χ1) is 13.0. The summed E-state index contributed by atoms with van der Waals surface area (Å²) in [5.41, 5.74) is 0. The molecular weight excluding hydrogens is 368 g/mol. The van der Waals surface area contributed by atoms with Gasteiger partial charge in [0.05, 0.1) is 17.2 Å². The molecular formula is C19H24N2O5S. The lowest BCUT2D eigenvalue weighted by Gasteiger charge is -2.35. The predicted octanol–water partition coefficient (Wildman–Crippen LogP) is 2.76. The van der Waals surface area contributed by atoms with Crippen molar-refractivity contribution < 1.29 is 22.3 Å². The molecule has 1 unspecified atom stereocenters. The number of nitrogens with zero attached hydrogens (tertiary/aromatic N) is 1. The topological polar surface area (TPSA) is 81.0 Å². The average Bonchev–Trinajstić information content (AvgIpc) is 3.34. The van der Waals surface area contributed by atoms with Crippen LogP contribution in [0.5, 0.6) is 11.5 Å². The smallest absolute Gasteiger partial charge is 0.240 e. The Labute approximate surface area is 159 Å². The van der Waals surface area contributed by atoms with Crippen molar-refractivity contribution in [1.82, 2.24) is 9.62 Å². The van der Waals surface area contributed by atoms with Crippen LogP contribution in [-0.4, -0.2) is 39.7 Å². The quantitative estimate of drug-likeness (QED) is 0.814. The van der Waals surface area contributed by atoms with Crippen molar-refractivity contribution in [2.24, 2.45) is 5.92 Å². The van der Waals surface area contributed by atoms with Crippen LogP contribution in [0.2, 0.25) is 0 Å². The van der Waals surface area contributed by atoms with Crippen LogP contribution in [0.15, 0.2) is 45.9 Å². The fourth-order valence-electron chi connectivity index (χ4n) is 3.55. The van der Waals surface area contributed by atoms with Gasteiger partial charge in [0.25, 0.3) is 0 Å². The molecule has 3 heterocycles. The Kier molecular flexibility index (Phi) is 5.12. The van der Waals surface area contributed by atoms with Crippen LogP contribution in [0.3, 0.4) is 0 Å². The van der Waals surface area contributed by atoms with Crippen molar-refractivity contribution in [1.29, 1.82) is 0 Å². The highest BCUT2D eigenvalue weighted by Gasteiger charge is 2.28. The van der Waals surface area contributed by atoms with E-state index in [1.165, 1.54) is 12.1 Å². The molecule has 0 spiro atoms. The first kappa shape index (κ1) is 18.3. The van der Waals surface area contributed by atoms with E-state index < -0.39 is 10.0 Å². The number of rotatable bonds is 6. The van der Waals surface area contributed by atoms with Crippen LogP contribution in [0, 0.1) is 5.92 Å². The highest BCUT2D eigenvalue weighted by Crippen LogP contribution is 2.34. The molecule has 1 saturated heterocycles. The summed E-state index contributed by atoms with van der Waals surface area (Å²) >= 11 is 0. The van der Waals surface area contributed by atoms with E-state index in [0.29, 0.717) is 17.4 Å². The van der Waals surface area contributed by atoms with E-state index in [1.54, 1.807) is 12.3 Å². The van der Waals surface area contributed by atoms with Crippen molar-refractivity contribution in [3.8, 4) is 11.5 Å². The van der Waals surface area contributed by atoms with Crippen molar-refractivity contribution in [2.45, 2.75) is 30.7 Å².